The van der Waals surface area contributed by atoms with Crippen LogP contribution in [0.5, 0.6) is 0 Å². The molecule has 7 heteroatoms. The Balaban J connectivity index is 1.63. The molecule has 5 rings (SSSR count). The standard InChI is InChI=1S/C24H26N6O/c1-14(2)20-13-18(21-15(3)27-29(4)23(21)25-20)24(31)26-22-17-11-8-12-19(17)28-30(22)16-9-6-5-7-10-16/h5-7,9-10,13-14H,8,11-12H2,1-4H3,(H,26,31). The molecule has 0 saturated carbocycles. The van der Waals surface area contributed by atoms with E-state index in [1.165, 1.54) is 0 Å². The normalized spacial score (nSPS) is 13.2. The van der Waals surface area contributed by atoms with E-state index in [1.807, 2.05) is 55.1 Å². The number of fused-ring (bicyclic) bond motifs is 2. The molecule has 0 saturated heterocycles. The molecule has 0 aliphatic heterocycles. The largest absolute Gasteiger partial charge is 0.306 e. The van der Waals surface area contributed by atoms with Gasteiger partial charge >= 0.3 is 0 Å². The first-order chi connectivity index (χ1) is 14.9. The number of amides is 1. The Bertz CT molecular complexity index is 1300. The molecular formula is C24H26N6O. The number of rotatable bonds is 4. The lowest BCUT2D eigenvalue weighted by atomic mass is 10.0. The van der Waals surface area contributed by atoms with Crippen molar-refractivity contribution in [1.82, 2.24) is 24.5 Å². The number of aryl methyl sites for hydroxylation is 3. The molecule has 1 N–H and O–H groups in total. The van der Waals surface area contributed by atoms with Gasteiger partial charge in [0.05, 0.1) is 28.0 Å². The molecule has 1 aromatic carbocycles. The van der Waals surface area contributed by atoms with Gasteiger partial charge in [-0.1, -0.05) is 32.0 Å². The summed E-state index contributed by atoms with van der Waals surface area (Å²) in [5.74, 6) is 0.809. The molecular weight excluding hydrogens is 388 g/mol. The lowest BCUT2D eigenvalue weighted by Gasteiger charge is -2.13. The van der Waals surface area contributed by atoms with Gasteiger partial charge in [-0.2, -0.15) is 10.2 Å². The highest BCUT2D eigenvalue weighted by Gasteiger charge is 2.26. The van der Waals surface area contributed by atoms with Gasteiger partial charge in [0.2, 0.25) is 0 Å². The Kier molecular flexibility index (Phi) is 4.61. The number of hydrogen-bond acceptors (Lipinski definition) is 4. The molecule has 31 heavy (non-hydrogen) atoms. The third-order valence-electron chi connectivity index (χ3n) is 5.96. The maximum Gasteiger partial charge on any atom is 0.257 e. The van der Waals surface area contributed by atoms with Crippen LogP contribution in [0.15, 0.2) is 36.4 Å². The first kappa shape index (κ1) is 19.5. The summed E-state index contributed by atoms with van der Waals surface area (Å²) in [6.45, 7) is 6.08. The fourth-order valence-corrected chi connectivity index (χ4v) is 4.39. The molecule has 0 spiro atoms. The third kappa shape index (κ3) is 3.21. The zero-order chi connectivity index (χ0) is 21.7. The topological polar surface area (TPSA) is 77.6 Å². The SMILES string of the molecule is Cc1nn(C)c2nc(C(C)C)cc(C(=O)Nc3c4c(nn3-c3ccccc3)CCC4)c12. The van der Waals surface area contributed by atoms with Crippen LogP contribution in [0.1, 0.15) is 59.2 Å². The highest BCUT2D eigenvalue weighted by Crippen LogP contribution is 2.32. The predicted molar refractivity (Wildman–Crippen MR) is 121 cm³/mol. The number of anilines is 1. The van der Waals surface area contributed by atoms with Gasteiger partial charge in [0.15, 0.2) is 5.65 Å². The Labute approximate surface area is 181 Å². The van der Waals surface area contributed by atoms with Gasteiger partial charge in [0.25, 0.3) is 5.91 Å². The number of carbonyl (C=O) groups excluding carboxylic acids is 1. The Morgan fingerprint density at radius 1 is 1.13 bits per heavy atom. The van der Waals surface area contributed by atoms with Crippen molar-refractivity contribution < 1.29 is 4.79 Å². The first-order valence-electron chi connectivity index (χ1n) is 10.8. The van der Waals surface area contributed by atoms with E-state index in [-0.39, 0.29) is 11.8 Å². The van der Waals surface area contributed by atoms with Crippen LogP contribution in [0.4, 0.5) is 5.82 Å². The van der Waals surface area contributed by atoms with E-state index in [0.717, 1.165) is 64.4 Å². The van der Waals surface area contributed by atoms with Crippen molar-refractivity contribution >= 4 is 22.8 Å². The van der Waals surface area contributed by atoms with Crippen LogP contribution in [0.2, 0.25) is 0 Å². The molecule has 158 valence electrons. The number of benzene rings is 1. The lowest BCUT2D eigenvalue weighted by Crippen LogP contribution is -2.17. The summed E-state index contributed by atoms with van der Waals surface area (Å²) in [5.41, 5.74) is 6.15. The number of nitrogens with one attached hydrogen (secondary N) is 1. The summed E-state index contributed by atoms with van der Waals surface area (Å²) in [6, 6.07) is 11.9. The quantitative estimate of drug-likeness (QED) is 0.539. The van der Waals surface area contributed by atoms with Crippen LogP contribution in [0, 0.1) is 6.92 Å². The second-order valence-corrected chi connectivity index (χ2v) is 8.49. The maximum absolute atomic E-state index is 13.6. The van der Waals surface area contributed by atoms with Crippen LogP contribution in [0.25, 0.3) is 16.7 Å². The maximum atomic E-state index is 13.6. The van der Waals surface area contributed by atoms with Crippen LogP contribution >= 0.6 is 0 Å². The molecule has 7 nitrogen and oxygen atoms in total. The Morgan fingerprint density at radius 3 is 2.65 bits per heavy atom. The van der Waals surface area contributed by atoms with Crippen molar-refractivity contribution in [3.8, 4) is 5.69 Å². The molecule has 0 radical (unpaired) electrons. The molecule has 0 fully saturated rings. The van der Waals surface area contributed by atoms with Gasteiger partial charge in [-0.25, -0.2) is 9.67 Å². The number of hydrogen-bond donors (Lipinski definition) is 1. The van der Waals surface area contributed by atoms with Gasteiger partial charge in [-0.15, -0.1) is 0 Å². The number of nitrogens with zero attached hydrogens (tertiary/aromatic N) is 5. The molecule has 0 atom stereocenters. The fraction of sp³-hybridized carbons (Fsp3) is 0.333. The third-order valence-corrected chi connectivity index (χ3v) is 5.96. The Hall–Kier alpha value is -3.48. The van der Waals surface area contributed by atoms with Gasteiger partial charge < -0.3 is 5.32 Å². The minimum absolute atomic E-state index is 0.155. The van der Waals surface area contributed by atoms with Gasteiger partial charge in [-0.3, -0.25) is 9.48 Å². The number of aromatic nitrogens is 5. The van der Waals surface area contributed by atoms with Crippen molar-refractivity contribution in [2.75, 3.05) is 5.32 Å². The summed E-state index contributed by atoms with van der Waals surface area (Å²) in [6.07, 6.45) is 2.93. The van der Waals surface area contributed by atoms with Crippen molar-refractivity contribution in [3.63, 3.8) is 0 Å². The summed E-state index contributed by atoms with van der Waals surface area (Å²) >= 11 is 0. The Morgan fingerprint density at radius 2 is 1.90 bits per heavy atom. The molecule has 1 aliphatic carbocycles. The van der Waals surface area contributed by atoms with Gasteiger partial charge in [0.1, 0.15) is 5.82 Å². The minimum atomic E-state index is -0.155. The van der Waals surface area contributed by atoms with Crippen LogP contribution in [0.3, 0.4) is 0 Å². The number of carbonyl (C=O) groups is 1. The molecule has 3 heterocycles. The van der Waals surface area contributed by atoms with Crippen LogP contribution in [-0.4, -0.2) is 30.5 Å². The van der Waals surface area contributed by atoms with E-state index in [2.05, 4.69) is 24.3 Å². The van der Waals surface area contributed by atoms with E-state index in [4.69, 9.17) is 10.1 Å². The monoisotopic (exact) mass is 414 g/mol. The van der Waals surface area contributed by atoms with E-state index in [1.54, 1.807) is 4.68 Å². The predicted octanol–water partition coefficient (Wildman–Crippen LogP) is 4.33. The smallest absolute Gasteiger partial charge is 0.257 e. The minimum Gasteiger partial charge on any atom is -0.306 e. The van der Waals surface area contributed by atoms with E-state index < -0.39 is 0 Å². The second-order valence-electron chi connectivity index (χ2n) is 8.49. The molecule has 1 amide bonds. The van der Waals surface area contributed by atoms with Gasteiger partial charge in [-0.05, 0) is 50.3 Å². The average Bonchev–Trinajstić information content (AvgIpc) is 3.43. The number of pyridine rings is 1. The van der Waals surface area contributed by atoms with Crippen molar-refractivity contribution in [3.05, 3.63) is 64.6 Å². The molecule has 0 unspecified atom stereocenters. The zero-order valence-electron chi connectivity index (χ0n) is 18.3. The first-order valence-corrected chi connectivity index (χ1v) is 10.8. The molecule has 0 bridgehead atoms. The highest BCUT2D eigenvalue weighted by atomic mass is 16.1. The van der Waals surface area contributed by atoms with Gasteiger partial charge in [0, 0.05) is 18.3 Å². The number of para-hydroxylation sites is 1. The lowest BCUT2D eigenvalue weighted by molar-refractivity contribution is 0.102. The van der Waals surface area contributed by atoms with E-state index >= 15 is 0 Å². The summed E-state index contributed by atoms with van der Waals surface area (Å²) in [4.78, 5) is 18.4. The summed E-state index contributed by atoms with van der Waals surface area (Å²) in [7, 11) is 1.87. The molecule has 3 aromatic heterocycles. The average molecular weight is 415 g/mol. The zero-order valence-corrected chi connectivity index (χ0v) is 18.3. The van der Waals surface area contributed by atoms with Crippen LogP contribution in [-0.2, 0) is 19.9 Å². The van der Waals surface area contributed by atoms with E-state index in [0.29, 0.717) is 5.56 Å². The van der Waals surface area contributed by atoms with Crippen molar-refractivity contribution in [2.45, 2.75) is 46.0 Å². The fourth-order valence-electron chi connectivity index (χ4n) is 4.39. The highest BCUT2D eigenvalue weighted by molar-refractivity contribution is 6.12. The van der Waals surface area contributed by atoms with Crippen molar-refractivity contribution in [2.24, 2.45) is 7.05 Å². The van der Waals surface area contributed by atoms with E-state index in [9.17, 15) is 4.79 Å². The molecule has 1 aliphatic rings. The summed E-state index contributed by atoms with van der Waals surface area (Å²) < 4.78 is 3.61. The van der Waals surface area contributed by atoms with Crippen molar-refractivity contribution in [1.29, 1.82) is 0 Å². The molecule has 4 aromatic rings. The summed E-state index contributed by atoms with van der Waals surface area (Å²) in [5, 5.41) is 13.3. The second kappa shape index (κ2) is 7.34. The van der Waals surface area contributed by atoms with Crippen LogP contribution < -0.4 is 5.32 Å².